The van der Waals surface area contributed by atoms with Gasteiger partial charge in [-0.25, -0.2) is 4.79 Å². The molecule has 0 bridgehead atoms. The Bertz CT molecular complexity index is 726. The second-order valence-corrected chi connectivity index (χ2v) is 7.20. The largest absolute Gasteiger partial charge is 0.478 e. The van der Waals surface area contributed by atoms with E-state index in [-0.39, 0.29) is 10.9 Å². The number of carboxylic acids is 1. The van der Waals surface area contributed by atoms with Crippen molar-refractivity contribution in [2.45, 2.75) is 19.3 Å². The summed E-state index contributed by atoms with van der Waals surface area (Å²) in [6.07, 6.45) is 0. The Kier molecular flexibility index (Phi) is 4.25. The first-order valence-electron chi connectivity index (χ1n) is 6.63. The fourth-order valence-electron chi connectivity index (χ4n) is 2.27. The maximum atomic E-state index is 11.2. The number of carbonyl (C=O) groups is 1. The standard InChI is InChI=1S/C16H17O5P/c1-16(2,12-5-3-11(4-6-12)15(17)18)13-7-9-14(10-8-13)22(19,20)21/h3-10H,1-2H3,(H,17,18)(H2,19,20,21). The normalized spacial score (nSPS) is 12.2. The molecule has 0 atom stereocenters. The molecule has 0 aliphatic carbocycles. The van der Waals surface area contributed by atoms with Crippen LogP contribution in [0.2, 0.25) is 0 Å². The van der Waals surface area contributed by atoms with E-state index in [0.717, 1.165) is 11.1 Å². The van der Waals surface area contributed by atoms with E-state index in [1.807, 2.05) is 13.8 Å². The molecule has 22 heavy (non-hydrogen) atoms. The monoisotopic (exact) mass is 320 g/mol. The highest BCUT2D eigenvalue weighted by atomic mass is 31.2. The molecule has 0 fully saturated rings. The molecule has 0 aromatic heterocycles. The van der Waals surface area contributed by atoms with E-state index < -0.39 is 19.0 Å². The number of carboxylic acid groups (broad SMARTS) is 1. The zero-order chi connectivity index (χ0) is 16.5. The topological polar surface area (TPSA) is 94.8 Å². The van der Waals surface area contributed by atoms with Crippen molar-refractivity contribution in [2.75, 3.05) is 0 Å². The fraction of sp³-hybridized carbons (Fsp3) is 0.188. The Morgan fingerprint density at radius 3 is 1.68 bits per heavy atom. The summed E-state index contributed by atoms with van der Waals surface area (Å²) in [5, 5.41) is 8.91. The number of aromatic carboxylic acids is 1. The molecule has 0 radical (unpaired) electrons. The lowest BCUT2D eigenvalue weighted by Gasteiger charge is -2.26. The van der Waals surface area contributed by atoms with Gasteiger partial charge in [-0.05, 0) is 35.4 Å². The Morgan fingerprint density at radius 1 is 0.909 bits per heavy atom. The van der Waals surface area contributed by atoms with Crippen LogP contribution in [0.1, 0.15) is 35.3 Å². The molecule has 0 aliphatic heterocycles. The molecule has 116 valence electrons. The average Bonchev–Trinajstić information content (AvgIpc) is 2.46. The number of benzene rings is 2. The van der Waals surface area contributed by atoms with Gasteiger partial charge in [0.1, 0.15) is 0 Å². The van der Waals surface area contributed by atoms with E-state index >= 15 is 0 Å². The molecule has 0 aliphatic rings. The number of hydrogen-bond acceptors (Lipinski definition) is 2. The van der Waals surface area contributed by atoms with Gasteiger partial charge in [0.15, 0.2) is 0 Å². The van der Waals surface area contributed by atoms with Crippen LogP contribution in [0.15, 0.2) is 48.5 Å². The van der Waals surface area contributed by atoms with Crippen LogP contribution in [0.5, 0.6) is 0 Å². The first-order valence-corrected chi connectivity index (χ1v) is 8.24. The maximum Gasteiger partial charge on any atom is 0.356 e. The summed E-state index contributed by atoms with van der Waals surface area (Å²) < 4.78 is 11.2. The lowest BCUT2D eigenvalue weighted by atomic mass is 9.78. The van der Waals surface area contributed by atoms with Gasteiger partial charge in [0.2, 0.25) is 0 Å². The molecule has 0 heterocycles. The Balaban J connectivity index is 2.37. The summed E-state index contributed by atoms with van der Waals surface area (Å²) in [6, 6.07) is 12.8. The quantitative estimate of drug-likeness (QED) is 0.752. The van der Waals surface area contributed by atoms with Crippen molar-refractivity contribution in [3.05, 3.63) is 65.2 Å². The molecular formula is C16H17O5P. The highest BCUT2D eigenvalue weighted by Gasteiger charge is 2.25. The molecule has 0 saturated carbocycles. The first-order chi connectivity index (χ1) is 10.1. The van der Waals surface area contributed by atoms with Crippen molar-refractivity contribution in [2.24, 2.45) is 0 Å². The van der Waals surface area contributed by atoms with Gasteiger partial charge in [-0.1, -0.05) is 38.1 Å². The van der Waals surface area contributed by atoms with Gasteiger partial charge in [-0.3, -0.25) is 4.57 Å². The van der Waals surface area contributed by atoms with E-state index in [0.29, 0.717) is 0 Å². The molecule has 0 saturated heterocycles. The van der Waals surface area contributed by atoms with E-state index in [1.54, 1.807) is 36.4 Å². The van der Waals surface area contributed by atoms with Gasteiger partial charge >= 0.3 is 13.6 Å². The Morgan fingerprint density at radius 2 is 1.32 bits per heavy atom. The van der Waals surface area contributed by atoms with Crippen LogP contribution in [0.3, 0.4) is 0 Å². The predicted octanol–water partition coefficient (Wildman–Crippen LogP) is 2.51. The summed E-state index contributed by atoms with van der Waals surface area (Å²) in [5.41, 5.74) is 1.61. The van der Waals surface area contributed by atoms with Crippen molar-refractivity contribution in [1.82, 2.24) is 0 Å². The van der Waals surface area contributed by atoms with Gasteiger partial charge in [0, 0.05) is 5.41 Å². The lowest BCUT2D eigenvalue weighted by molar-refractivity contribution is 0.0697. The van der Waals surface area contributed by atoms with Gasteiger partial charge < -0.3 is 14.9 Å². The molecule has 0 amide bonds. The zero-order valence-corrected chi connectivity index (χ0v) is 13.1. The molecule has 3 N–H and O–H groups in total. The highest BCUT2D eigenvalue weighted by molar-refractivity contribution is 7.60. The van der Waals surface area contributed by atoms with Crippen LogP contribution in [-0.2, 0) is 9.98 Å². The summed E-state index contributed by atoms with van der Waals surface area (Å²) in [4.78, 5) is 29.2. The third-order valence-corrected chi connectivity index (χ3v) is 4.75. The van der Waals surface area contributed by atoms with E-state index in [4.69, 9.17) is 14.9 Å². The molecule has 6 heteroatoms. The minimum atomic E-state index is -4.25. The maximum absolute atomic E-state index is 11.2. The zero-order valence-electron chi connectivity index (χ0n) is 12.2. The molecule has 5 nitrogen and oxygen atoms in total. The van der Waals surface area contributed by atoms with E-state index in [9.17, 15) is 9.36 Å². The fourth-order valence-corrected chi connectivity index (χ4v) is 2.81. The van der Waals surface area contributed by atoms with Gasteiger partial charge in [-0.2, -0.15) is 0 Å². The van der Waals surface area contributed by atoms with Gasteiger partial charge in [0.05, 0.1) is 10.9 Å². The smallest absolute Gasteiger partial charge is 0.356 e. The highest BCUT2D eigenvalue weighted by Crippen LogP contribution is 2.35. The lowest BCUT2D eigenvalue weighted by Crippen LogP contribution is -2.20. The van der Waals surface area contributed by atoms with Crippen LogP contribution in [0, 0.1) is 0 Å². The summed E-state index contributed by atoms with van der Waals surface area (Å²) in [6.45, 7) is 3.94. The van der Waals surface area contributed by atoms with Crippen LogP contribution < -0.4 is 5.30 Å². The molecule has 2 aromatic carbocycles. The molecule has 2 rings (SSSR count). The molecular weight excluding hydrogens is 303 g/mol. The van der Waals surface area contributed by atoms with Crippen LogP contribution >= 0.6 is 7.60 Å². The number of hydrogen-bond donors (Lipinski definition) is 3. The van der Waals surface area contributed by atoms with E-state index in [1.165, 1.54) is 12.1 Å². The molecule has 0 unspecified atom stereocenters. The molecule has 2 aromatic rings. The summed E-state index contributed by atoms with van der Waals surface area (Å²) in [5.74, 6) is -0.977. The average molecular weight is 320 g/mol. The SMILES string of the molecule is CC(C)(c1ccc(C(=O)O)cc1)c1ccc(P(=O)(O)O)cc1. The third kappa shape index (κ3) is 3.28. The third-order valence-electron chi connectivity index (χ3n) is 3.78. The van der Waals surface area contributed by atoms with Crippen molar-refractivity contribution in [3.63, 3.8) is 0 Å². The minimum Gasteiger partial charge on any atom is -0.478 e. The predicted molar refractivity (Wildman–Crippen MR) is 83.6 cm³/mol. The van der Waals surface area contributed by atoms with Crippen molar-refractivity contribution >= 4 is 18.9 Å². The second kappa shape index (κ2) is 5.69. The first kappa shape index (κ1) is 16.4. The van der Waals surface area contributed by atoms with E-state index in [2.05, 4.69) is 0 Å². The van der Waals surface area contributed by atoms with Crippen LogP contribution in [0.4, 0.5) is 0 Å². The van der Waals surface area contributed by atoms with Crippen LogP contribution in [-0.4, -0.2) is 20.9 Å². The van der Waals surface area contributed by atoms with Gasteiger partial charge in [-0.15, -0.1) is 0 Å². The van der Waals surface area contributed by atoms with Crippen LogP contribution in [0.25, 0.3) is 0 Å². The summed E-state index contributed by atoms with van der Waals surface area (Å²) >= 11 is 0. The summed E-state index contributed by atoms with van der Waals surface area (Å²) in [7, 11) is -4.25. The second-order valence-electron chi connectivity index (χ2n) is 5.60. The van der Waals surface area contributed by atoms with Crippen molar-refractivity contribution < 1.29 is 24.3 Å². The number of rotatable bonds is 4. The molecule has 0 spiro atoms. The van der Waals surface area contributed by atoms with Crippen molar-refractivity contribution in [1.29, 1.82) is 0 Å². The Hall–Kier alpha value is -1.94. The Labute approximate surface area is 128 Å². The van der Waals surface area contributed by atoms with Crippen molar-refractivity contribution in [3.8, 4) is 0 Å². The van der Waals surface area contributed by atoms with Gasteiger partial charge in [0.25, 0.3) is 0 Å². The minimum absolute atomic E-state index is 0.0201.